The van der Waals surface area contributed by atoms with Crippen LogP contribution in [-0.2, 0) is 6.42 Å². The van der Waals surface area contributed by atoms with Gasteiger partial charge in [0.2, 0.25) is 0 Å². The zero-order valence-electron chi connectivity index (χ0n) is 9.34. The first-order valence-corrected chi connectivity index (χ1v) is 5.32. The highest BCUT2D eigenvalue weighted by atomic mass is 19.3. The number of aryl methyl sites for hydroxylation is 1. The second-order valence-electron chi connectivity index (χ2n) is 3.87. The first kappa shape index (κ1) is 14.0. The number of hydrogen-bond donors (Lipinski definition) is 1. The largest absolute Gasteiger partial charge is 0.382 e. The van der Waals surface area contributed by atoms with Crippen molar-refractivity contribution in [2.24, 2.45) is 0 Å². The Balaban J connectivity index is 2.86. The molecule has 1 N–H and O–H groups in total. The predicted octanol–water partition coefficient (Wildman–Crippen LogP) is 3.57. The number of hydrogen-bond acceptors (Lipinski definition) is 1. The number of aliphatic hydroxyl groups is 1. The maximum absolute atomic E-state index is 12.9. The van der Waals surface area contributed by atoms with E-state index in [0.29, 0.717) is 0 Å². The Labute approximate surface area is 97.1 Å². The quantitative estimate of drug-likeness (QED) is 0.792. The zero-order valence-corrected chi connectivity index (χ0v) is 9.34. The fourth-order valence-corrected chi connectivity index (χ4v) is 1.50. The van der Waals surface area contributed by atoms with Gasteiger partial charge >= 0.3 is 12.3 Å². The molecule has 1 unspecified atom stereocenters. The molecule has 0 bridgehead atoms. The van der Waals surface area contributed by atoms with Crippen LogP contribution in [0, 0.1) is 0 Å². The summed E-state index contributed by atoms with van der Waals surface area (Å²) in [6.07, 6.45) is -4.68. The molecule has 17 heavy (non-hydrogen) atoms. The summed E-state index contributed by atoms with van der Waals surface area (Å²) in [7, 11) is 0. The van der Waals surface area contributed by atoms with Gasteiger partial charge in [-0.2, -0.15) is 8.78 Å². The molecule has 0 saturated carbocycles. The second-order valence-corrected chi connectivity index (χ2v) is 3.87. The van der Waals surface area contributed by atoms with E-state index in [0.717, 1.165) is 18.4 Å². The van der Waals surface area contributed by atoms with Crippen molar-refractivity contribution < 1.29 is 22.7 Å². The van der Waals surface area contributed by atoms with Crippen molar-refractivity contribution in [3.05, 3.63) is 35.4 Å². The van der Waals surface area contributed by atoms with Gasteiger partial charge in [0.1, 0.15) is 6.10 Å². The fraction of sp³-hybridized carbons (Fsp3) is 0.500. The van der Waals surface area contributed by atoms with Crippen molar-refractivity contribution in [2.75, 3.05) is 0 Å². The van der Waals surface area contributed by atoms with Gasteiger partial charge in [0.15, 0.2) is 0 Å². The summed E-state index contributed by atoms with van der Waals surface area (Å²) in [5.41, 5.74) is 0.721. The van der Waals surface area contributed by atoms with E-state index in [2.05, 4.69) is 0 Å². The summed E-state index contributed by atoms with van der Waals surface area (Å²) in [5.74, 6) is -4.42. The molecule has 1 rings (SSSR count). The number of halogens is 4. The summed E-state index contributed by atoms with van der Waals surface area (Å²) < 4.78 is 49.8. The fourth-order valence-electron chi connectivity index (χ4n) is 1.50. The molecular weight excluding hydrogens is 236 g/mol. The Morgan fingerprint density at radius 2 is 1.71 bits per heavy atom. The van der Waals surface area contributed by atoms with Gasteiger partial charge in [-0.05, 0) is 17.5 Å². The number of alkyl halides is 4. The highest BCUT2D eigenvalue weighted by Crippen LogP contribution is 2.36. The SMILES string of the molecule is CCCc1ccc(C(O)C(F)(F)C(F)F)cc1. The molecule has 96 valence electrons. The minimum absolute atomic E-state index is 0.199. The predicted molar refractivity (Wildman–Crippen MR) is 56.3 cm³/mol. The van der Waals surface area contributed by atoms with Crippen molar-refractivity contribution in [3.63, 3.8) is 0 Å². The van der Waals surface area contributed by atoms with Gasteiger partial charge in [-0.15, -0.1) is 0 Å². The van der Waals surface area contributed by atoms with E-state index in [1.165, 1.54) is 12.1 Å². The molecule has 1 aromatic carbocycles. The molecule has 0 heterocycles. The summed E-state index contributed by atoms with van der Waals surface area (Å²) >= 11 is 0. The minimum atomic E-state index is -4.42. The summed E-state index contributed by atoms with van der Waals surface area (Å²) in [6.45, 7) is 1.97. The second kappa shape index (κ2) is 5.49. The van der Waals surface area contributed by atoms with E-state index in [4.69, 9.17) is 0 Å². The lowest BCUT2D eigenvalue weighted by Gasteiger charge is -2.22. The van der Waals surface area contributed by atoms with Crippen molar-refractivity contribution in [3.8, 4) is 0 Å². The third kappa shape index (κ3) is 3.19. The molecule has 0 amide bonds. The molecule has 0 aromatic heterocycles. The van der Waals surface area contributed by atoms with E-state index < -0.39 is 18.5 Å². The van der Waals surface area contributed by atoms with Crippen LogP contribution in [0.3, 0.4) is 0 Å². The van der Waals surface area contributed by atoms with E-state index in [1.807, 2.05) is 6.92 Å². The average molecular weight is 250 g/mol. The number of aliphatic hydroxyl groups excluding tert-OH is 1. The molecule has 1 nitrogen and oxygen atoms in total. The van der Waals surface area contributed by atoms with Crippen LogP contribution in [0.25, 0.3) is 0 Å². The summed E-state index contributed by atoms with van der Waals surface area (Å²) in [4.78, 5) is 0. The van der Waals surface area contributed by atoms with Crippen LogP contribution in [0.4, 0.5) is 17.6 Å². The lowest BCUT2D eigenvalue weighted by molar-refractivity contribution is -0.193. The van der Waals surface area contributed by atoms with Crippen LogP contribution in [0.5, 0.6) is 0 Å². The highest BCUT2D eigenvalue weighted by Gasteiger charge is 2.48. The Kier molecular flexibility index (Phi) is 4.51. The standard InChI is InChI=1S/C12H14F4O/c1-2-3-8-4-6-9(7-5-8)10(17)12(15,16)11(13)14/h4-7,10-11,17H,2-3H2,1H3. The molecule has 5 heteroatoms. The van der Waals surface area contributed by atoms with Crippen molar-refractivity contribution >= 4 is 0 Å². The Morgan fingerprint density at radius 1 is 1.18 bits per heavy atom. The molecule has 0 spiro atoms. The molecule has 1 aromatic rings. The van der Waals surface area contributed by atoms with Gasteiger partial charge in [-0.1, -0.05) is 37.6 Å². The highest BCUT2D eigenvalue weighted by molar-refractivity contribution is 5.25. The third-order valence-electron chi connectivity index (χ3n) is 2.49. The smallest absolute Gasteiger partial charge is 0.336 e. The van der Waals surface area contributed by atoms with Crippen LogP contribution in [-0.4, -0.2) is 17.5 Å². The van der Waals surface area contributed by atoms with Gasteiger partial charge < -0.3 is 5.11 Å². The zero-order chi connectivity index (χ0) is 13.1. The van der Waals surface area contributed by atoms with Crippen LogP contribution in [0.2, 0.25) is 0 Å². The molecule has 1 atom stereocenters. The first-order chi connectivity index (χ1) is 7.89. The van der Waals surface area contributed by atoms with Crippen LogP contribution >= 0.6 is 0 Å². The van der Waals surface area contributed by atoms with Crippen molar-refractivity contribution in [1.29, 1.82) is 0 Å². The molecule has 0 fully saturated rings. The van der Waals surface area contributed by atoms with Gasteiger partial charge in [-0.25, -0.2) is 8.78 Å². The summed E-state index contributed by atoms with van der Waals surface area (Å²) in [5, 5.41) is 9.21. The van der Waals surface area contributed by atoms with Crippen molar-refractivity contribution in [2.45, 2.75) is 38.2 Å². The lowest BCUT2D eigenvalue weighted by Crippen LogP contribution is -2.34. The molecule has 0 saturated heterocycles. The van der Waals surface area contributed by atoms with Gasteiger partial charge in [0, 0.05) is 0 Å². The minimum Gasteiger partial charge on any atom is -0.382 e. The Bertz CT molecular complexity index is 348. The van der Waals surface area contributed by atoms with Gasteiger partial charge in [0.05, 0.1) is 0 Å². The van der Waals surface area contributed by atoms with E-state index >= 15 is 0 Å². The maximum Gasteiger partial charge on any atom is 0.336 e. The van der Waals surface area contributed by atoms with E-state index in [9.17, 15) is 22.7 Å². The lowest BCUT2D eigenvalue weighted by atomic mass is 10.0. The summed E-state index contributed by atoms with van der Waals surface area (Å²) in [6, 6.07) is 5.63. The molecule has 0 aliphatic heterocycles. The number of rotatable bonds is 5. The van der Waals surface area contributed by atoms with Gasteiger partial charge in [0.25, 0.3) is 0 Å². The topological polar surface area (TPSA) is 20.2 Å². The third-order valence-corrected chi connectivity index (χ3v) is 2.49. The monoisotopic (exact) mass is 250 g/mol. The van der Waals surface area contributed by atoms with Gasteiger partial charge in [-0.3, -0.25) is 0 Å². The van der Waals surface area contributed by atoms with Crippen molar-refractivity contribution in [1.82, 2.24) is 0 Å². The molecule has 0 aliphatic rings. The molecule has 0 aliphatic carbocycles. The normalized spacial score (nSPS) is 14.1. The Hall–Kier alpha value is -1.10. The Morgan fingerprint density at radius 3 is 2.12 bits per heavy atom. The average Bonchev–Trinajstić information content (AvgIpc) is 2.29. The number of benzene rings is 1. The molecular formula is C12H14F4O. The molecule has 0 radical (unpaired) electrons. The van der Waals surface area contributed by atoms with E-state index in [-0.39, 0.29) is 5.56 Å². The van der Waals surface area contributed by atoms with E-state index in [1.54, 1.807) is 12.1 Å². The van der Waals surface area contributed by atoms with Crippen LogP contribution in [0.15, 0.2) is 24.3 Å². The first-order valence-electron chi connectivity index (χ1n) is 5.32. The van der Waals surface area contributed by atoms with Crippen LogP contribution < -0.4 is 0 Å². The van der Waals surface area contributed by atoms with Crippen LogP contribution in [0.1, 0.15) is 30.6 Å². The maximum atomic E-state index is 12.9.